The maximum Gasteiger partial charge on any atom is 0.401 e. The zero-order chi connectivity index (χ0) is 14.5. The fourth-order valence-corrected chi connectivity index (χ4v) is 1.61. The third kappa shape index (κ3) is 5.04. The molecule has 0 saturated carbocycles. The molecule has 0 aliphatic heterocycles. The van der Waals surface area contributed by atoms with E-state index in [0.29, 0.717) is 12.4 Å². The van der Waals surface area contributed by atoms with Gasteiger partial charge in [-0.1, -0.05) is 24.4 Å². The number of halogens is 3. The Bertz CT molecular complexity index is 437. The van der Waals surface area contributed by atoms with E-state index in [1.165, 1.54) is 7.11 Å². The van der Waals surface area contributed by atoms with E-state index >= 15 is 0 Å². The van der Waals surface area contributed by atoms with Crippen molar-refractivity contribution in [1.82, 2.24) is 0 Å². The summed E-state index contributed by atoms with van der Waals surface area (Å²) in [6.45, 7) is -0.273. The average molecular weight is 293 g/mol. The molecule has 0 saturated heterocycles. The lowest BCUT2D eigenvalue weighted by atomic mass is 10.1. The molecule has 0 aliphatic carbocycles. The molecule has 1 aromatic rings. The SMILES string of the molecule is COCc1cccc(OCC(C(N)=S)C(F)(F)F)c1. The Morgan fingerprint density at radius 3 is 2.63 bits per heavy atom. The molecule has 0 fully saturated rings. The van der Waals surface area contributed by atoms with Crippen molar-refractivity contribution in [2.24, 2.45) is 11.7 Å². The van der Waals surface area contributed by atoms with Gasteiger partial charge in [0.25, 0.3) is 0 Å². The Kier molecular flexibility index (Phi) is 5.56. The molecule has 0 heterocycles. The number of hydrogen-bond acceptors (Lipinski definition) is 3. The van der Waals surface area contributed by atoms with Crippen LogP contribution in [0.5, 0.6) is 5.75 Å². The highest BCUT2D eigenvalue weighted by Gasteiger charge is 2.42. The predicted molar refractivity (Wildman–Crippen MR) is 69.0 cm³/mol. The summed E-state index contributed by atoms with van der Waals surface area (Å²) < 4.78 is 47.8. The summed E-state index contributed by atoms with van der Waals surface area (Å²) >= 11 is 4.41. The number of ether oxygens (including phenoxy) is 2. The van der Waals surface area contributed by atoms with Crippen LogP contribution < -0.4 is 10.5 Å². The molecule has 1 rings (SSSR count). The van der Waals surface area contributed by atoms with Gasteiger partial charge < -0.3 is 15.2 Å². The predicted octanol–water partition coefficient (Wildman–Crippen LogP) is 2.68. The molecule has 106 valence electrons. The van der Waals surface area contributed by atoms with E-state index in [0.717, 1.165) is 5.56 Å². The highest BCUT2D eigenvalue weighted by atomic mass is 32.1. The van der Waals surface area contributed by atoms with E-state index < -0.39 is 23.7 Å². The van der Waals surface area contributed by atoms with Crippen molar-refractivity contribution in [3.8, 4) is 5.75 Å². The molecular weight excluding hydrogens is 279 g/mol. The standard InChI is InChI=1S/C12H14F3NO2S/c1-17-6-8-3-2-4-9(5-8)18-7-10(11(16)19)12(13,14)15/h2-5,10H,6-7H2,1H3,(H2,16,19). The third-order valence-corrected chi connectivity index (χ3v) is 2.65. The maximum absolute atomic E-state index is 12.6. The second-order valence-corrected chi connectivity index (χ2v) is 4.36. The molecule has 0 spiro atoms. The first-order valence-corrected chi connectivity index (χ1v) is 5.82. The van der Waals surface area contributed by atoms with E-state index in [1.54, 1.807) is 24.3 Å². The summed E-state index contributed by atoms with van der Waals surface area (Å²) in [5.41, 5.74) is 5.88. The molecule has 0 aliphatic rings. The van der Waals surface area contributed by atoms with Crippen LogP contribution >= 0.6 is 12.2 Å². The highest BCUT2D eigenvalue weighted by molar-refractivity contribution is 7.80. The quantitative estimate of drug-likeness (QED) is 0.819. The van der Waals surface area contributed by atoms with E-state index in [4.69, 9.17) is 15.2 Å². The van der Waals surface area contributed by atoms with Gasteiger partial charge in [0.1, 0.15) is 18.3 Å². The topological polar surface area (TPSA) is 44.5 Å². The maximum atomic E-state index is 12.6. The summed E-state index contributed by atoms with van der Waals surface area (Å²) in [6, 6.07) is 6.63. The van der Waals surface area contributed by atoms with Crippen LogP contribution in [-0.2, 0) is 11.3 Å². The van der Waals surface area contributed by atoms with Crippen molar-refractivity contribution in [3.05, 3.63) is 29.8 Å². The van der Waals surface area contributed by atoms with Crippen LogP contribution in [0.2, 0.25) is 0 Å². The average Bonchev–Trinajstić information content (AvgIpc) is 2.27. The number of alkyl halides is 3. The Hall–Kier alpha value is -1.34. The molecule has 3 nitrogen and oxygen atoms in total. The lowest BCUT2D eigenvalue weighted by Gasteiger charge is -2.19. The van der Waals surface area contributed by atoms with Gasteiger partial charge in [0.2, 0.25) is 0 Å². The number of rotatable bonds is 6. The molecule has 2 N–H and O–H groups in total. The van der Waals surface area contributed by atoms with E-state index in [1.807, 2.05) is 0 Å². The Morgan fingerprint density at radius 2 is 2.11 bits per heavy atom. The first kappa shape index (κ1) is 15.7. The number of hydrogen-bond donors (Lipinski definition) is 1. The molecule has 0 bridgehead atoms. The van der Waals surface area contributed by atoms with Gasteiger partial charge in [-0.15, -0.1) is 0 Å². The van der Waals surface area contributed by atoms with Gasteiger partial charge in [-0.05, 0) is 17.7 Å². The summed E-state index contributed by atoms with van der Waals surface area (Å²) in [4.78, 5) is -0.624. The van der Waals surface area contributed by atoms with Crippen LogP contribution in [0.1, 0.15) is 5.56 Å². The molecule has 7 heteroatoms. The minimum atomic E-state index is -4.50. The van der Waals surface area contributed by atoms with Crippen molar-refractivity contribution < 1.29 is 22.6 Å². The van der Waals surface area contributed by atoms with E-state index in [9.17, 15) is 13.2 Å². The number of nitrogens with two attached hydrogens (primary N) is 1. The largest absolute Gasteiger partial charge is 0.492 e. The number of benzene rings is 1. The van der Waals surface area contributed by atoms with Crippen LogP contribution in [0.15, 0.2) is 24.3 Å². The minimum Gasteiger partial charge on any atom is -0.492 e. The fraction of sp³-hybridized carbons (Fsp3) is 0.417. The Labute approximate surface area is 114 Å². The highest BCUT2D eigenvalue weighted by Crippen LogP contribution is 2.27. The van der Waals surface area contributed by atoms with Gasteiger partial charge in [0.15, 0.2) is 0 Å². The smallest absolute Gasteiger partial charge is 0.401 e. The molecular formula is C12H14F3NO2S. The van der Waals surface area contributed by atoms with Crippen LogP contribution in [0.4, 0.5) is 13.2 Å². The Balaban J connectivity index is 2.69. The summed E-state index contributed by atoms with van der Waals surface area (Å²) in [6.07, 6.45) is -4.50. The van der Waals surface area contributed by atoms with Crippen LogP contribution in [-0.4, -0.2) is 24.9 Å². The zero-order valence-electron chi connectivity index (χ0n) is 10.2. The molecule has 1 aromatic carbocycles. The van der Waals surface area contributed by atoms with E-state index in [2.05, 4.69) is 12.2 Å². The molecule has 1 unspecified atom stereocenters. The summed E-state index contributed by atoms with van der Waals surface area (Å²) in [7, 11) is 1.53. The lowest BCUT2D eigenvalue weighted by molar-refractivity contribution is -0.161. The fourth-order valence-electron chi connectivity index (χ4n) is 1.41. The first-order chi connectivity index (χ1) is 8.84. The normalized spacial score (nSPS) is 13.1. The molecule has 0 aromatic heterocycles. The molecule has 0 radical (unpaired) electrons. The molecule has 0 amide bonds. The summed E-state index contributed by atoms with van der Waals surface area (Å²) in [5, 5.41) is 0. The van der Waals surface area contributed by atoms with Crippen LogP contribution in [0.25, 0.3) is 0 Å². The third-order valence-electron chi connectivity index (χ3n) is 2.36. The first-order valence-electron chi connectivity index (χ1n) is 5.41. The monoisotopic (exact) mass is 293 g/mol. The van der Waals surface area contributed by atoms with Gasteiger partial charge in [-0.2, -0.15) is 13.2 Å². The van der Waals surface area contributed by atoms with Gasteiger partial charge in [-0.3, -0.25) is 0 Å². The Morgan fingerprint density at radius 1 is 1.42 bits per heavy atom. The lowest BCUT2D eigenvalue weighted by Crippen LogP contribution is -2.38. The van der Waals surface area contributed by atoms with Crippen molar-refractivity contribution >= 4 is 17.2 Å². The number of thiocarbonyl (C=S) groups is 1. The van der Waals surface area contributed by atoms with Gasteiger partial charge >= 0.3 is 6.18 Å². The second-order valence-electron chi connectivity index (χ2n) is 3.89. The van der Waals surface area contributed by atoms with Crippen molar-refractivity contribution in [2.45, 2.75) is 12.8 Å². The zero-order valence-corrected chi connectivity index (χ0v) is 11.1. The molecule has 1 atom stereocenters. The van der Waals surface area contributed by atoms with Gasteiger partial charge in [-0.25, -0.2) is 0 Å². The van der Waals surface area contributed by atoms with Crippen molar-refractivity contribution in [3.63, 3.8) is 0 Å². The van der Waals surface area contributed by atoms with Crippen LogP contribution in [0.3, 0.4) is 0 Å². The number of methoxy groups -OCH3 is 1. The minimum absolute atomic E-state index is 0.319. The van der Waals surface area contributed by atoms with E-state index in [-0.39, 0.29) is 0 Å². The second kappa shape index (κ2) is 6.72. The van der Waals surface area contributed by atoms with Crippen molar-refractivity contribution in [2.75, 3.05) is 13.7 Å². The van der Waals surface area contributed by atoms with Gasteiger partial charge in [0, 0.05) is 7.11 Å². The molecule has 19 heavy (non-hydrogen) atoms. The van der Waals surface area contributed by atoms with Crippen molar-refractivity contribution in [1.29, 1.82) is 0 Å². The summed E-state index contributed by atoms with van der Waals surface area (Å²) in [5.74, 6) is -1.63. The van der Waals surface area contributed by atoms with Gasteiger partial charge in [0.05, 0.1) is 11.6 Å². The van der Waals surface area contributed by atoms with Crippen LogP contribution in [0, 0.1) is 5.92 Å².